The maximum Gasteiger partial charge on any atom is 0.135 e. The smallest absolute Gasteiger partial charge is 0.135 e. The van der Waals surface area contributed by atoms with Crippen molar-refractivity contribution in [1.82, 2.24) is 14.9 Å². The van der Waals surface area contributed by atoms with E-state index in [1.807, 2.05) is 32.3 Å². The Morgan fingerprint density at radius 3 is 2.62 bits per heavy atom. The van der Waals surface area contributed by atoms with Crippen LogP contribution in [0.2, 0.25) is 0 Å². The highest BCUT2D eigenvalue weighted by Gasteiger charge is 2.01. The number of nitrogens with zero attached hydrogens (tertiary/aromatic N) is 3. The summed E-state index contributed by atoms with van der Waals surface area (Å²) >= 11 is 3.53. The minimum absolute atomic E-state index is 0.771. The molecule has 6 heteroatoms. The zero-order valence-electron chi connectivity index (χ0n) is 12.5. The van der Waals surface area contributed by atoms with Crippen molar-refractivity contribution < 1.29 is 0 Å². The van der Waals surface area contributed by atoms with Crippen LogP contribution in [0.25, 0.3) is 0 Å². The van der Waals surface area contributed by atoms with Crippen molar-refractivity contribution >= 4 is 33.3 Å². The molecule has 0 atom stereocenters. The lowest BCUT2D eigenvalue weighted by atomic mass is 10.2. The number of likely N-dealkylation sites (N-methyl/N-ethyl adjacent to an activating group) is 1. The van der Waals surface area contributed by atoms with E-state index >= 15 is 0 Å². The van der Waals surface area contributed by atoms with Gasteiger partial charge in [-0.3, -0.25) is 0 Å². The van der Waals surface area contributed by atoms with Gasteiger partial charge < -0.3 is 15.5 Å². The fraction of sp³-hybridized carbons (Fsp3) is 0.333. The standard InChI is InChI=1S/C15H20BrN5/c1-11-4-5-12(8-13(11)16)20-15-9-14(18-10-19-15)17-6-7-21(2)3/h4-5,8-10H,6-7H2,1-3H3,(H2,17,18,19,20). The van der Waals surface area contributed by atoms with Gasteiger partial charge in [-0.15, -0.1) is 0 Å². The van der Waals surface area contributed by atoms with E-state index in [9.17, 15) is 0 Å². The van der Waals surface area contributed by atoms with Gasteiger partial charge in [-0.05, 0) is 38.7 Å². The number of aryl methyl sites for hydroxylation is 1. The second kappa shape index (κ2) is 7.38. The van der Waals surface area contributed by atoms with Gasteiger partial charge in [0.25, 0.3) is 0 Å². The quantitative estimate of drug-likeness (QED) is 0.838. The Morgan fingerprint density at radius 1 is 1.14 bits per heavy atom. The predicted molar refractivity (Wildman–Crippen MR) is 91.2 cm³/mol. The zero-order valence-corrected chi connectivity index (χ0v) is 14.1. The van der Waals surface area contributed by atoms with Crippen molar-refractivity contribution in [2.75, 3.05) is 37.8 Å². The van der Waals surface area contributed by atoms with Gasteiger partial charge >= 0.3 is 0 Å². The van der Waals surface area contributed by atoms with Crippen LogP contribution < -0.4 is 10.6 Å². The van der Waals surface area contributed by atoms with Gasteiger partial charge in [0.05, 0.1) is 0 Å². The van der Waals surface area contributed by atoms with Crippen LogP contribution >= 0.6 is 15.9 Å². The number of hydrogen-bond donors (Lipinski definition) is 2. The summed E-state index contributed by atoms with van der Waals surface area (Å²) in [7, 11) is 4.09. The molecule has 0 amide bonds. The van der Waals surface area contributed by atoms with Crippen molar-refractivity contribution in [2.24, 2.45) is 0 Å². The molecule has 2 rings (SSSR count). The second-order valence-corrected chi connectivity index (χ2v) is 5.96. The van der Waals surface area contributed by atoms with E-state index in [4.69, 9.17) is 0 Å². The molecule has 0 spiro atoms. The van der Waals surface area contributed by atoms with Crippen LogP contribution in [0.3, 0.4) is 0 Å². The molecule has 1 aromatic heterocycles. The van der Waals surface area contributed by atoms with E-state index < -0.39 is 0 Å². The first-order valence-electron chi connectivity index (χ1n) is 6.78. The van der Waals surface area contributed by atoms with Gasteiger partial charge in [0.2, 0.25) is 0 Å². The topological polar surface area (TPSA) is 53.1 Å². The van der Waals surface area contributed by atoms with E-state index in [-0.39, 0.29) is 0 Å². The molecule has 0 aliphatic carbocycles. The summed E-state index contributed by atoms with van der Waals surface area (Å²) in [5.74, 6) is 1.59. The number of aromatic nitrogens is 2. The van der Waals surface area contributed by atoms with Crippen LogP contribution in [-0.2, 0) is 0 Å². The van der Waals surface area contributed by atoms with Gasteiger partial charge in [0, 0.05) is 29.3 Å². The van der Waals surface area contributed by atoms with Gasteiger partial charge in [-0.2, -0.15) is 0 Å². The molecule has 1 heterocycles. The van der Waals surface area contributed by atoms with Crippen LogP contribution in [0.5, 0.6) is 0 Å². The summed E-state index contributed by atoms with van der Waals surface area (Å²) in [5, 5.41) is 6.56. The highest BCUT2D eigenvalue weighted by Crippen LogP contribution is 2.23. The largest absolute Gasteiger partial charge is 0.369 e. The molecule has 2 N–H and O–H groups in total. The van der Waals surface area contributed by atoms with Gasteiger partial charge in [0.15, 0.2) is 0 Å². The molecule has 5 nitrogen and oxygen atoms in total. The third-order valence-electron chi connectivity index (χ3n) is 2.98. The normalized spacial score (nSPS) is 10.7. The van der Waals surface area contributed by atoms with E-state index in [2.05, 4.69) is 54.4 Å². The second-order valence-electron chi connectivity index (χ2n) is 5.11. The summed E-state index contributed by atoms with van der Waals surface area (Å²) in [6, 6.07) is 8.03. The minimum atomic E-state index is 0.771. The number of nitrogens with one attached hydrogen (secondary N) is 2. The SMILES string of the molecule is Cc1ccc(Nc2cc(NCCN(C)C)ncn2)cc1Br. The summed E-state index contributed by atoms with van der Waals surface area (Å²) in [6.45, 7) is 3.86. The van der Waals surface area contributed by atoms with E-state index in [1.165, 1.54) is 5.56 Å². The molecule has 0 bridgehead atoms. The average molecular weight is 350 g/mol. The average Bonchev–Trinajstić information content (AvgIpc) is 2.43. The zero-order chi connectivity index (χ0) is 15.2. The number of rotatable bonds is 6. The Kier molecular flexibility index (Phi) is 5.52. The highest BCUT2D eigenvalue weighted by atomic mass is 79.9. The number of benzene rings is 1. The van der Waals surface area contributed by atoms with Gasteiger partial charge in [-0.1, -0.05) is 22.0 Å². The maximum absolute atomic E-state index is 4.24. The van der Waals surface area contributed by atoms with Crippen LogP contribution in [0.4, 0.5) is 17.3 Å². The molecule has 0 unspecified atom stereocenters. The molecule has 0 radical (unpaired) electrons. The van der Waals surface area contributed by atoms with Gasteiger partial charge in [-0.25, -0.2) is 9.97 Å². The molecule has 0 saturated carbocycles. The van der Waals surface area contributed by atoms with Gasteiger partial charge in [0.1, 0.15) is 18.0 Å². The van der Waals surface area contributed by atoms with E-state index in [0.29, 0.717) is 0 Å². The Labute approximate surface area is 133 Å². The summed E-state index contributed by atoms with van der Waals surface area (Å²) < 4.78 is 1.07. The Hall–Kier alpha value is -1.66. The summed E-state index contributed by atoms with van der Waals surface area (Å²) in [5.41, 5.74) is 2.19. The lowest BCUT2D eigenvalue weighted by molar-refractivity contribution is 0.425. The lowest BCUT2D eigenvalue weighted by Crippen LogP contribution is -2.21. The third kappa shape index (κ3) is 4.99. The minimum Gasteiger partial charge on any atom is -0.369 e. The third-order valence-corrected chi connectivity index (χ3v) is 3.83. The van der Waals surface area contributed by atoms with Crippen LogP contribution in [0.1, 0.15) is 5.56 Å². The van der Waals surface area contributed by atoms with Crippen LogP contribution in [-0.4, -0.2) is 42.1 Å². The first-order valence-corrected chi connectivity index (χ1v) is 7.58. The predicted octanol–water partition coefficient (Wildman–Crippen LogP) is 3.26. The Balaban J connectivity index is 2.01. The fourth-order valence-corrected chi connectivity index (χ4v) is 2.13. The first kappa shape index (κ1) is 15.7. The number of halogens is 1. The number of hydrogen-bond acceptors (Lipinski definition) is 5. The fourth-order valence-electron chi connectivity index (χ4n) is 1.75. The molecule has 0 fully saturated rings. The van der Waals surface area contributed by atoms with Crippen molar-refractivity contribution in [3.8, 4) is 0 Å². The molecule has 21 heavy (non-hydrogen) atoms. The summed E-state index contributed by atoms with van der Waals surface area (Å²) in [6.07, 6.45) is 1.56. The van der Waals surface area contributed by atoms with Crippen molar-refractivity contribution in [1.29, 1.82) is 0 Å². The molecule has 112 valence electrons. The molecule has 0 aliphatic heterocycles. The number of anilines is 3. The Bertz CT molecular complexity index is 600. The highest BCUT2D eigenvalue weighted by molar-refractivity contribution is 9.10. The molecule has 1 aromatic carbocycles. The van der Waals surface area contributed by atoms with Crippen molar-refractivity contribution in [3.63, 3.8) is 0 Å². The monoisotopic (exact) mass is 349 g/mol. The van der Waals surface area contributed by atoms with E-state index in [0.717, 1.165) is 34.9 Å². The maximum atomic E-state index is 4.24. The van der Waals surface area contributed by atoms with Crippen LogP contribution in [0.15, 0.2) is 35.1 Å². The van der Waals surface area contributed by atoms with Crippen molar-refractivity contribution in [3.05, 3.63) is 40.6 Å². The van der Waals surface area contributed by atoms with E-state index in [1.54, 1.807) is 6.33 Å². The molecule has 2 aromatic rings. The molecule has 0 saturated heterocycles. The van der Waals surface area contributed by atoms with Crippen molar-refractivity contribution in [2.45, 2.75) is 6.92 Å². The summed E-state index contributed by atoms with van der Waals surface area (Å²) in [4.78, 5) is 10.6. The molecular formula is C15H20BrN5. The molecule has 0 aliphatic rings. The Morgan fingerprint density at radius 2 is 1.90 bits per heavy atom. The molecular weight excluding hydrogens is 330 g/mol. The lowest BCUT2D eigenvalue weighted by Gasteiger charge is -2.12. The van der Waals surface area contributed by atoms with Crippen LogP contribution in [0, 0.1) is 6.92 Å². The first-order chi connectivity index (χ1) is 10.0.